The Morgan fingerprint density at radius 2 is 2.18 bits per heavy atom. The normalized spacial score (nSPS) is 10.5. The van der Waals surface area contributed by atoms with E-state index in [9.17, 15) is 0 Å². The highest BCUT2D eigenvalue weighted by Gasteiger charge is 1.98. The zero-order valence-corrected chi connectivity index (χ0v) is 15.5. The number of hydrogen-bond donors (Lipinski definition) is 2. The number of nitrogens with zero attached hydrogens (tertiary/aromatic N) is 2. The van der Waals surface area contributed by atoms with E-state index in [0.717, 1.165) is 18.1 Å². The number of methoxy groups -OCH3 is 1. The molecule has 1 aromatic rings. The van der Waals surface area contributed by atoms with Crippen LogP contribution in [0, 0.1) is 0 Å². The summed E-state index contributed by atoms with van der Waals surface area (Å²) in [6.07, 6.45) is 3.56. The minimum absolute atomic E-state index is 0. The summed E-state index contributed by atoms with van der Waals surface area (Å²) in [6.45, 7) is 8.79. The summed E-state index contributed by atoms with van der Waals surface area (Å²) in [6, 6.07) is 3.79. The molecule has 0 bridgehead atoms. The van der Waals surface area contributed by atoms with E-state index in [4.69, 9.17) is 9.47 Å². The van der Waals surface area contributed by atoms with Crippen LogP contribution in [0.3, 0.4) is 0 Å². The van der Waals surface area contributed by atoms with Crippen molar-refractivity contribution in [1.29, 1.82) is 0 Å². The summed E-state index contributed by atoms with van der Waals surface area (Å²) >= 11 is 0. The molecule has 0 unspecified atom stereocenters. The van der Waals surface area contributed by atoms with Gasteiger partial charge in [-0.2, -0.15) is 0 Å². The molecule has 0 aliphatic heterocycles. The first-order valence-electron chi connectivity index (χ1n) is 6.99. The van der Waals surface area contributed by atoms with Gasteiger partial charge in [0, 0.05) is 32.5 Å². The summed E-state index contributed by atoms with van der Waals surface area (Å²) in [5.41, 5.74) is 1.02. The Kier molecular flexibility index (Phi) is 12.5. The lowest BCUT2D eigenvalue weighted by atomic mass is 10.3. The second-order valence-corrected chi connectivity index (χ2v) is 4.21. The molecule has 7 heteroatoms. The van der Waals surface area contributed by atoms with Crippen molar-refractivity contribution in [2.24, 2.45) is 4.99 Å². The molecule has 0 atom stereocenters. The van der Waals surface area contributed by atoms with Gasteiger partial charge in [0.1, 0.15) is 6.61 Å². The average molecular weight is 420 g/mol. The smallest absolute Gasteiger partial charge is 0.213 e. The molecule has 0 amide bonds. The molecule has 1 heterocycles. The van der Waals surface area contributed by atoms with Crippen molar-refractivity contribution in [3.05, 3.63) is 36.5 Å². The van der Waals surface area contributed by atoms with E-state index in [1.807, 2.05) is 19.1 Å². The van der Waals surface area contributed by atoms with Gasteiger partial charge in [0.25, 0.3) is 0 Å². The van der Waals surface area contributed by atoms with E-state index in [1.165, 1.54) is 0 Å². The Labute approximate surface area is 149 Å². The summed E-state index contributed by atoms with van der Waals surface area (Å²) in [5.74, 6) is 1.36. The minimum atomic E-state index is 0. The van der Waals surface area contributed by atoms with Gasteiger partial charge in [-0.3, -0.25) is 0 Å². The van der Waals surface area contributed by atoms with E-state index in [0.29, 0.717) is 32.2 Å². The van der Waals surface area contributed by atoms with Crippen LogP contribution >= 0.6 is 24.0 Å². The number of guanidine groups is 1. The zero-order chi connectivity index (χ0) is 15.3. The van der Waals surface area contributed by atoms with Crippen LogP contribution in [-0.2, 0) is 11.3 Å². The quantitative estimate of drug-likeness (QED) is 0.210. The lowest BCUT2D eigenvalue weighted by Crippen LogP contribution is -2.37. The molecule has 124 valence electrons. The first-order chi connectivity index (χ1) is 10.3. The summed E-state index contributed by atoms with van der Waals surface area (Å²) < 4.78 is 10.3. The lowest BCUT2D eigenvalue weighted by Gasteiger charge is -2.09. The topological polar surface area (TPSA) is 67.8 Å². The SMILES string of the molecule is C=CCNC(=NCc1ccc(OCCOC)nc1)NCC.I. The Hall–Kier alpha value is -1.35. The first-order valence-corrected chi connectivity index (χ1v) is 6.99. The second-order valence-electron chi connectivity index (χ2n) is 4.21. The van der Waals surface area contributed by atoms with Gasteiger partial charge in [-0.15, -0.1) is 30.6 Å². The largest absolute Gasteiger partial charge is 0.475 e. The van der Waals surface area contributed by atoms with Crippen LogP contribution in [0.1, 0.15) is 12.5 Å². The molecule has 1 rings (SSSR count). The average Bonchev–Trinajstić information content (AvgIpc) is 2.51. The lowest BCUT2D eigenvalue weighted by molar-refractivity contribution is 0.143. The highest BCUT2D eigenvalue weighted by Crippen LogP contribution is 2.08. The van der Waals surface area contributed by atoms with Gasteiger partial charge in [-0.1, -0.05) is 12.1 Å². The molecule has 0 fully saturated rings. The Morgan fingerprint density at radius 1 is 1.36 bits per heavy atom. The van der Waals surface area contributed by atoms with Crippen LogP contribution < -0.4 is 15.4 Å². The molecule has 0 radical (unpaired) electrons. The Bertz CT molecular complexity index is 438. The molecule has 0 saturated heterocycles. The van der Waals surface area contributed by atoms with Crippen molar-refractivity contribution in [3.8, 4) is 5.88 Å². The van der Waals surface area contributed by atoms with E-state index in [1.54, 1.807) is 19.4 Å². The van der Waals surface area contributed by atoms with Crippen LogP contribution in [0.15, 0.2) is 36.0 Å². The number of hydrogen-bond acceptors (Lipinski definition) is 4. The van der Waals surface area contributed by atoms with Gasteiger partial charge in [0.05, 0.1) is 13.2 Å². The van der Waals surface area contributed by atoms with E-state index in [2.05, 4.69) is 27.2 Å². The first kappa shape index (κ1) is 20.6. The van der Waals surface area contributed by atoms with Crippen LogP contribution in [0.5, 0.6) is 5.88 Å². The maximum absolute atomic E-state index is 5.41. The fourth-order valence-corrected chi connectivity index (χ4v) is 1.50. The molecule has 2 N–H and O–H groups in total. The molecule has 0 aliphatic rings. The van der Waals surface area contributed by atoms with E-state index in [-0.39, 0.29) is 24.0 Å². The van der Waals surface area contributed by atoms with Crippen molar-refractivity contribution in [2.45, 2.75) is 13.5 Å². The van der Waals surface area contributed by atoms with Crippen molar-refractivity contribution in [3.63, 3.8) is 0 Å². The van der Waals surface area contributed by atoms with Crippen molar-refractivity contribution >= 4 is 29.9 Å². The summed E-state index contributed by atoms with van der Waals surface area (Å²) in [4.78, 5) is 8.70. The summed E-state index contributed by atoms with van der Waals surface area (Å²) in [5, 5.41) is 6.31. The van der Waals surface area contributed by atoms with Crippen molar-refractivity contribution in [2.75, 3.05) is 33.4 Å². The number of nitrogens with one attached hydrogen (secondary N) is 2. The van der Waals surface area contributed by atoms with Gasteiger partial charge in [0.15, 0.2) is 5.96 Å². The number of halogens is 1. The van der Waals surface area contributed by atoms with Crippen molar-refractivity contribution < 1.29 is 9.47 Å². The molecular weight excluding hydrogens is 395 g/mol. The highest BCUT2D eigenvalue weighted by molar-refractivity contribution is 14.0. The minimum Gasteiger partial charge on any atom is -0.475 e. The molecule has 0 aliphatic carbocycles. The van der Waals surface area contributed by atoms with Gasteiger partial charge in [0.2, 0.25) is 5.88 Å². The molecule has 0 spiro atoms. The molecule has 1 aromatic heterocycles. The van der Waals surface area contributed by atoms with Gasteiger partial charge in [-0.05, 0) is 12.5 Å². The molecule has 6 nitrogen and oxygen atoms in total. The fraction of sp³-hybridized carbons (Fsp3) is 0.467. The highest BCUT2D eigenvalue weighted by atomic mass is 127. The third-order valence-corrected chi connectivity index (χ3v) is 2.51. The van der Waals surface area contributed by atoms with Crippen LogP contribution in [-0.4, -0.2) is 44.4 Å². The monoisotopic (exact) mass is 420 g/mol. The van der Waals surface area contributed by atoms with Crippen LogP contribution in [0.25, 0.3) is 0 Å². The molecule has 22 heavy (non-hydrogen) atoms. The number of aliphatic imine (C=N–C) groups is 1. The Morgan fingerprint density at radius 3 is 2.77 bits per heavy atom. The number of pyridine rings is 1. The standard InChI is InChI=1S/C15H24N4O2.HI/c1-4-8-17-15(16-5-2)19-12-13-6-7-14(18-11-13)21-10-9-20-3;/h4,6-7,11H,1,5,8-10,12H2,2-3H3,(H2,16,17,19);1H. The van der Waals surface area contributed by atoms with Crippen LogP contribution in [0.4, 0.5) is 0 Å². The predicted octanol–water partition coefficient (Wildman–Crippen LogP) is 1.97. The number of ether oxygens (including phenoxy) is 2. The van der Waals surface area contributed by atoms with Gasteiger partial charge < -0.3 is 20.1 Å². The maximum Gasteiger partial charge on any atom is 0.213 e. The molecule has 0 aromatic carbocycles. The van der Waals surface area contributed by atoms with E-state index >= 15 is 0 Å². The van der Waals surface area contributed by atoms with Gasteiger partial charge >= 0.3 is 0 Å². The Balaban J connectivity index is 0.00000441. The maximum atomic E-state index is 5.41. The second kappa shape index (κ2) is 13.3. The number of rotatable bonds is 9. The van der Waals surface area contributed by atoms with Gasteiger partial charge in [-0.25, -0.2) is 9.98 Å². The fourth-order valence-electron chi connectivity index (χ4n) is 1.50. The molecule has 0 saturated carbocycles. The number of aromatic nitrogens is 1. The molecular formula is C15H25IN4O2. The predicted molar refractivity (Wildman–Crippen MR) is 100 cm³/mol. The van der Waals surface area contributed by atoms with Crippen LogP contribution in [0.2, 0.25) is 0 Å². The van der Waals surface area contributed by atoms with Crippen molar-refractivity contribution in [1.82, 2.24) is 15.6 Å². The zero-order valence-electron chi connectivity index (χ0n) is 13.2. The van der Waals surface area contributed by atoms with E-state index < -0.39 is 0 Å². The third kappa shape index (κ3) is 8.83. The summed E-state index contributed by atoms with van der Waals surface area (Å²) in [7, 11) is 1.64. The third-order valence-electron chi connectivity index (χ3n) is 2.51.